The van der Waals surface area contributed by atoms with Crippen molar-refractivity contribution in [3.8, 4) is 5.75 Å². The maximum atomic E-state index is 10.6. The minimum absolute atomic E-state index is 0.0559. The Balaban J connectivity index is 3.23. The van der Waals surface area contributed by atoms with E-state index < -0.39 is 5.24 Å². The molecule has 0 fully saturated rings. The molecule has 0 saturated heterocycles. The van der Waals surface area contributed by atoms with Crippen LogP contribution in [0, 0.1) is 6.92 Å². The van der Waals surface area contributed by atoms with E-state index in [0.717, 1.165) is 0 Å². The number of hydrogen-bond acceptors (Lipinski definition) is 3. The average Bonchev–Trinajstić information content (AvgIpc) is 1.94. The van der Waals surface area contributed by atoms with Crippen LogP contribution >= 0.6 is 11.6 Å². The molecule has 0 bridgehead atoms. The summed E-state index contributed by atoms with van der Waals surface area (Å²) >= 11 is 5.19. The van der Waals surface area contributed by atoms with E-state index >= 15 is 0 Å². The van der Waals surface area contributed by atoms with Crippen molar-refractivity contribution in [3.63, 3.8) is 0 Å². The summed E-state index contributed by atoms with van der Waals surface area (Å²) < 4.78 is 0. The molecule has 58 valence electrons. The normalized spacial score (nSPS) is 9.64. The first-order valence-electron chi connectivity index (χ1n) is 2.96. The third-order valence-corrected chi connectivity index (χ3v) is 1.49. The number of pyridine rings is 1. The molecular weight excluding hydrogens is 166 g/mol. The van der Waals surface area contributed by atoms with Crippen molar-refractivity contribution in [3.05, 3.63) is 23.5 Å². The molecule has 1 aromatic heterocycles. The third kappa shape index (κ3) is 1.68. The van der Waals surface area contributed by atoms with Crippen molar-refractivity contribution in [1.29, 1.82) is 0 Å². The van der Waals surface area contributed by atoms with Crippen LogP contribution in [0.3, 0.4) is 0 Å². The second-order valence-corrected chi connectivity index (χ2v) is 2.44. The summed E-state index contributed by atoms with van der Waals surface area (Å²) in [5.74, 6) is -0.0559. The molecule has 0 amide bonds. The molecule has 0 aliphatic carbocycles. The third-order valence-electron chi connectivity index (χ3n) is 1.28. The number of aromatic nitrogens is 1. The molecular formula is C7H6ClNO2. The minimum atomic E-state index is -0.606. The Labute approximate surface area is 68.6 Å². The van der Waals surface area contributed by atoms with Crippen molar-refractivity contribution in [2.24, 2.45) is 0 Å². The zero-order valence-electron chi connectivity index (χ0n) is 5.84. The lowest BCUT2D eigenvalue weighted by molar-refractivity contribution is 0.108. The quantitative estimate of drug-likeness (QED) is 0.651. The molecule has 0 spiro atoms. The number of nitrogens with zero attached hydrogens (tertiary/aromatic N) is 1. The van der Waals surface area contributed by atoms with Gasteiger partial charge in [-0.1, -0.05) is 0 Å². The maximum absolute atomic E-state index is 10.6. The fourth-order valence-corrected chi connectivity index (χ4v) is 0.912. The number of aromatic hydroxyl groups is 1. The van der Waals surface area contributed by atoms with Crippen LogP contribution in [0.1, 0.15) is 16.1 Å². The SMILES string of the molecule is Cc1ncc(O)cc1C(=O)Cl. The summed E-state index contributed by atoms with van der Waals surface area (Å²) in [6.45, 7) is 1.65. The van der Waals surface area contributed by atoms with Crippen molar-refractivity contribution in [2.75, 3.05) is 0 Å². The van der Waals surface area contributed by atoms with Crippen LogP contribution in [0.25, 0.3) is 0 Å². The smallest absolute Gasteiger partial charge is 0.254 e. The lowest BCUT2D eigenvalue weighted by atomic mass is 10.2. The van der Waals surface area contributed by atoms with E-state index in [2.05, 4.69) is 4.98 Å². The summed E-state index contributed by atoms with van der Waals surface area (Å²) in [4.78, 5) is 14.4. The van der Waals surface area contributed by atoms with Crippen LogP contribution in [0.5, 0.6) is 5.75 Å². The number of carbonyl (C=O) groups is 1. The number of hydrogen-bond donors (Lipinski definition) is 1. The van der Waals surface area contributed by atoms with Gasteiger partial charge in [0, 0.05) is 5.69 Å². The van der Waals surface area contributed by atoms with Gasteiger partial charge in [0.05, 0.1) is 11.8 Å². The lowest BCUT2D eigenvalue weighted by Crippen LogP contribution is -1.94. The van der Waals surface area contributed by atoms with Crippen molar-refractivity contribution in [2.45, 2.75) is 6.92 Å². The van der Waals surface area contributed by atoms with Crippen LogP contribution in [-0.2, 0) is 0 Å². The van der Waals surface area contributed by atoms with Crippen LogP contribution in [0.4, 0.5) is 0 Å². The number of halogens is 1. The van der Waals surface area contributed by atoms with Crippen LogP contribution in [-0.4, -0.2) is 15.3 Å². The molecule has 0 saturated carbocycles. The van der Waals surface area contributed by atoms with E-state index in [1.807, 2.05) is 0 Å². The van der Waals surface area contributed by atoms with Gasteiger partial charge in [-0.05, 0) is 24.6 Å². The molecule has 0 aliphatic rings. The van der Waals surface area contributed by atoms with Crippen molar-refractivity contribution < 1.29 is 9.90 Å². The van der Waals surface area contributed by atoms with E-state index in [1.165, 1.54) is 12.3 Å². The van der Waals surface area contributed by atoms with Crippen LogP contribution < -0.4 is 0 Å². The Bertz CT molecular complexity index is 298. The predicted molar refractivity (Wildman–Crippen MR) is 40.8 cm³/mol. The Morgan fingerprint density at radius 1 is 1.73 bits per heavy atom. The highest BCUT2D eigenvalue weighted by atomic mass is 35.5. The molecule has 4 heteroatoms. The standard InChI is InChI=1S/C7H6ClNO2/c1-4-6(7(8)11)2-5(10)3-9-4/h2-3,10H,1H3. The largest absolute Gasteiger partial charge is 0.506 e. The molecule has 0 radical (unpaired) electrons. The van der Waals surface area contributed by atoms with Gasteiger partial charge in [0.25, 0.3) is 5.24 Å². The fourth-order valence-electron chi connectivity index (χ4n) is 0.721. The van der Waals surface area contributed by atoms with Gasteiger partial charge >= 0.3 is 0 Å². The van der Waals surface area contributed by atoms with Crippen LogP contribution in [0.15, 0.2) is 12.3 Å². The Hall–Kier alpha value is -1.09. The first kappa shape index (κ1) is 8.01. The average molecular weight is 172 g/mol. The van der Waals surface area contributed by atoms with Crippen molar-refractivity contribution >= 4 is 16.8 Å². The Kier molecular flexibility index (Phi) is 2.10. The minimum Gasteiger partial charge on any atom is -0.506 e. The van der Waals surface area contributed by atoms with Gasteiger partial charge in [-0.2, -0.15) is 0 Å². The zero-order chi connectivity index (χ0) is 8.43. The second-order valence-electron chi connectivity index (χ2n) is 2.10. The molecule has 3 nitrogen and oxygen atoms in total. The summed E-state index contributed by atoms with van der Waals surface area (Å²) in [6, 6.07) is 1.29. The first-order valence-corrected chi connectivity index (χ1v) is 3.34. The summed E-state index contributed by atoms with van der Waals surface area (Å²) in [6.07, 6.45) is 1.26. The fraction of sp³-hybridized carbons (Fsp3) is 0.143. The van der Waals surface area contributed by atoms with Gasteiger partial charge in [0.15, 0.2) is 0 Å². The Morgan fingerprint density at radius 2 is 2.36 bits per heavy atom. The molecule has 1 aromatic rings. The van der Waals surface area contributed by atoms with E-state index in [9.17, 15) is 4.79 Å². The highest BCUT2D eigenvalue weighted by Crippen LogP contribution is 2.14. The van der Waals surface area contributed by atoms with E-state index in [-0.39, 0.29) is 11.3 Å². The maximum Gasteiger partial charge on any atom is 0.254 e. The molecule has 1 N–H and O–H groups in total. The van der Waals surface area contributed by atoms with E-state index in [4.69, 9.17) is 16.7 Å². The predicted octanol–water partition coefficient (Wildman–Crippen LogP) is 1.47. The molecule has 1 rings (SSSR count). The zero-order valence-corrected chi connectivity index (χ0v) is 6.59. The molecule has 0 aliphatic heterocycles. The van der Waals surface area contributed by atoms with Gasteiger partial charge in [-0.15, -0.1) is 0 Å². The highest BCUT2D eigenvalue weighted by molar-refractivity contribution is 6.67. The first-order chi connectivity index (χ1) is 5.11. The number of carbonyl (C=O) groups excluding carboxylic acids is 1. The molecule has 0 unspecified atom stereocenters. The topological polar surface area (TPSA) is 50.2 Å². The van der Waals surface area contributed by atoms with Gasteiger partial charge in [-0.25, -0.2) is 0 Å². The summed E-state index contributed by atoms with van der Waals surface area (Å²) in [7, 11) is 0. The van der Waals surface area contributed by atoms with Crippen molar-refractivity contribution in [1.82, 2.24) is 4.98 Å². The highest BCUT2D eigenvalue weighted by Gasteiger charge is 2.06. The summed E-state index contributed by atoms with van der Waals surface area (Å²) in [5.41, 5.74) is 0.759. The van der Waals surface area contributed by atoms with Gasteiger partial charge < -0.3 is 5.11 Å². The molecule has 1 heterocycles. The van der Waals surface area contributed by atoms with Gasteiger partial charge in [0.2, 0.25) is 0 Å². The number of aryl methyl sites for hydroxylation is 1. The van der Waals surface area contributed by atoms with Gasteiger partial charge in [0.1, 0.15) is 5.75 Å². The Morgan fingerprint density at radius 3 is 2.82 bits per heavy atom. The van der Waals surface area contributed by atoms with Crippen LogP contribution in [0.2, 0.25) is 0 Å². The molecule has 11 heavy (non-hydrogen) atoms. The molecule has 0 aromatic carbocycles. The molecule has 0 atom stereocenters. The lowest BCUT2D eigenvalue weighted by Gasteiger charge is -1.98. The second kappa shape index (κ2) is 2.88. The van der Waals surface area contributed by atoms with E-state index in [0.29, 0.717) is 5.69 Å². The summed E-state index contributed by atoms with van der Waals surface area (Å²) in [5, 5.41) is 8.31. The van der Waals surface area contributed by atoms with E-state index in [1.54, 1.807) is 6.92 Å². The monoisotopic (exact) mass is 171 g/mol. The van der Waals surface area contributed by atoms with Gasteiger partial charge in [-0.3, -0.25) is 9.78 Å². The number of rotatable bonds is 1.